The number of sulfonamides is 1. The summed E-state index contributed by atoms with van der Waals surface area (Å²) in [5.41, 5.74) is 1.61. The maximum atomic E-state index is 14.0. The summed E-state index contributed by atoms with van der Waals surface area (Å²) in [6.07, 6.45) is 3.25. The van der Waals surface area contributed by atoms with E-state index in [0.717, 1.165) is 31.0 Å². The second-order valence-corrected chi connectivity index (χ2v) is 10.5. The van der Waals surface area contributed by atoms with Crippen LogP contribution in [-0.4, -0.2) is 49.1 Å². The molecule has 1 N–H and O–H groups in total. The summed E-state index contributed by atoms with van der Waals surface area (Å²) in [6.45, 7) is 1.59. The number of piperidine rings is 2. The average molecular weight is 474 g/mol. The number of carbonyl (C=O) groups is 2. The van der Waals surface area contributed by atoms with Gasteiger partial charge < -0.3 is 10.2 Å². The van der Waals surface area contributed by atoms with Crippen LogP contribution in [0.25, 0.3) is 0 Å². The monoisotopic (exact) mass is 473 g/mol. The van der Waals surface area contributed by atoms with Crippen molar-refractivity contribution in [3.63, 3.8) is 0 Å². The van der Waals surface area contributed by atoms with Crippen LogP contribution in [0.1, 0.15) is 37.7 Å². The number of amides is 2. The minimum atomic E-state index is -3.93. The number of rotatable bonds is 6. The minimum absolute atomic E-state index is 0.159. The maximum Gasteiger partial charge on any atom is 0.245 e. The third kappa shape index (κ3) is 5.42. The third-order valence-electron chi connectivity index (χ3n) is 6.27. The fraction of sp³-hybridized carbons (Fsp3) is 0.417. The molecule has 7 nitrogen and oxygen atoms in total. The van der Waals surface area contributed by atoms with Crippen LogP contribution < -0.4 is 5.32 Å². The zero-order valence-electron chi connectivity index (χ0n) is 18.4. The first-order valence-corrected chi connectivity index (χ1v) is 12.7. The number of likely N-dealkylation sites (tertiary alicyclic amines) is 1. The molecular formula is C24H28FN3O4S. The summed E-state index contributed by atoms with van der Waals surface area (Å²) >= 11 is 0. The lowest BCUT2D eigenvalue weighted by Crippen LogP contribution is -2.41. The number of benzene rings is 2. The SMILES string of the molecule is O=C(Nc1cccc(CN2CCCCC2=O)c1)C1CCN(S(=O)(=O)c2ccccc2F)CC1. The first kappa shape index (κ1) is 23.4. The molecule has 2 aromatic carbocycles. The van der Waals surface area contributed by atoms with Crippen molar-refractivity contribution in [2.24, 2.45) is 5.92 Å². The van der Waals surface area contributed by atoms with Crippen LogP contribution in [0.15, 0.2) is 53.4 Å². The molecule has 2 heterocycles. The molecule has 2 aliphatic heterocycles. The highest BCUT2D eigenvalue weighted by Gasteiger charge is 2.33. The standard InChI is InChI=1S/C24H28FN3O4S/c25-21-8-1-2-9-22(21)33(31,32)28-14-11-19(12-15-28)24(30)26-20-7-5-6-18(16-20)17-27-13-4-3-10-23(27)29/h1-2,5-9,16,19H,3-4,10-15,17H2,(H,26,30). The number of anilines is 1. The predicted octanol–water partition coefficient (Wildman–Crippen LogP) is 3.38. The molecule has 0 unspecified atom stereocenters. The van der Waals surface area contributed by atoms with Crippen LogP contribution in [0.4, 0.5) is 10.1 Å². The van der Waals surface area contributed by atoms with Crippen molar-refractivity contribution >= 4 is 27.5 Å². The Bertz CT molecular complexity index is 1130. The van der Waals surface area contributed by atoms with Crippen LogP contribution in [0.5, 0.6) is 0 Å². The average Bonchev–Trinajstić information content (AvgIpc) is 2.81. The molecular weight excluding hydrogens is 445 g/mol. The van der Waals surface area contributed by atoms with Gasteiger partial charge in [0.25, 0.3) is 0 Å². The third-order valence-corrected chi connectivity index (χ3v) is 8.20. The van der Waals surface area contributed by atoms with Gasteiger partial charge in [-0.2, -0.15) is 4.31 Å². The second kappa shape index (κ2) is 10.0. The van der Waals surface area contributed by atoms with Gasteiger partial charge >= 0.3 is 0 Å². The Labute approximate surface area is 193 Å². The topological polar surface area (TPSA) is 86.8 Å². The van der Waals surface area contributed by atoms with E-state index in [0.29, 0.717) is 31.5 Å². The highest BCUT2D eigenvalue weighted by atomic mass is 32.2. The Balaban J connectivity index is 1.34. The van der Waals surface area contributed by atoms with Crippen LogP contribution in [0, 0.1) is 11.7 Å². The molecule has 0 bridgehead atoms. The molecule has 176 valence electrons. The van der Waals surface area contributed by atoms with Gasteiger partial charge in [0.15, 0.2) is 0 Å². The van der Waals surface area contributed by atoms with Crippen molar-refractivity contribution in [2.75, 3.05) is 25.0 Å². The highest BCUT2D eigenvalue weighted by Crippen LogP contribution is 2.26. The summed E-state index contributed by atoms with van der Waals surface area (Å²) in [7, 11) is -3.93. The smallest absolute Gasteiger partial charge is 0.245 e. The lowest BCUT2D eigenvalue weighted by Gasteiger charge is -2.30. The molecule has 2 aliphatic rings. The Morgan fingerprint density at radius 1 is 1.03 bits per heavy atom. The molecule has 0 aromatic heterocycles. The molecule has 33 heavy (non-hydrogen) atoms. The predicted molar refractivity (Wildman–Crippen MR) is 122 cm³/mol. The number of hydrogen-bond acceptors (Lipinski definition) is 4. The van der Waals surface area contributed by atoms with E-state index in [-0.39, 0.29) is 35.7 Å². The summed E-state index contributed by atoms with van der Waals surface area (Å²) in [4.78, 5) is 26.4. The number of carbonyl (C=O) groups excluding carboxylic acids is 2. The molecule has 0 saturated carbocycles. The van der Waals surface area contributed by atoms with Gasteiger partial charge in [-0.05, 0) is 55.5 Å². The van der Waals surface area contributed by atoms with Gasteiger partial charge in [-0.25, -0.2) is 12.8 Å². The van der Waals surface area contributed by atoms with E-state index >= 15 is 0 Å². The van der Waals surface area contributed by atoms with Crippen LogP contribution >= 0.6 is 0 Å². The molecule has 4 rings (SSSR count). The quantitative estimate of drug-likeness (QED) is 0.697. The Kier molecular flexibility index (Phi) is 7.09. The molecule has 0 atom stereocenters. The van der Waals surface area contributed by atoms with Gasteiger partial charge in [0.2, 0.25) is 21.8 Å². The van der Waals surface area contributed by atoms with E-state index in [1.807, 2.05) is 23.1 Å². The molecule has 0 spiro atoms. The van der Waals surface area contributed by atoms with Crippen LogP contribution in [0.3, 0.4) is 0 Å². The Morgan fingerprint density at radius 3 is 2.52 bits per heavy atom. The van der Waals surface area contributed by atoms with Crippen molar-refractivity contribution in [1.82, 2.24) is 9.21 Å². The highest BCUT2D eigenvalue weighted by molar-refractivity contribution is 7.89. The zero-order chi connectivity index (χ0) is 23.4. The molecule has 0 radical (unpaired) electrons. The molecule has 9 heteroatoms. The Morgan fingerprint density at radius 2 is 1.79 bits per heavy atom. The van der Waals surface area contributed by atoms with E-state index in [1.165, 1.54) is 22.5 Å². The summed E-state index contributed by atoms with van der Waals surface area (Å²) in [5, 5.41) is 2.92. The van der Waals surface area contributed by atoms with Gasteiger partial charge in [-0.1, -0.05) is 24.3 Å². The molecule has 0 aliphatic carbocycles. The number of hydrogen-bond donors (Lipinski definition) is 1. The van der Waals surface area contributed by atoms with Crippen molar-refractivity contribution < 1.29 is 22.4 Å². The van der Waals surface area contributed by atoms with Crippen LogP contribution in [-0.2, 0) is 26.2 Å². The molecule has 2 saturated heterocycles. The van der Waals surface area contributed by atoms with E-state index in [9.17, 15) is 22.4 Å². The van der Waals surface area contributed by atoms with Crippen molar-refractivity contribution in [3.05, 3.63) is 59.9 Å². The number of halogens is 1. The van der Waals surface area contributed by atoms with Gasteiger partial charge in [0, 0.05) is 44.2 Å². The lowest BCUT2D eigenvalue weighted by molar-refractivity contribution is -0.133. The fourth-order valence-corrected chi connectivity index (χ4v) is 5.93. The van der Waals surface area contributed by atoms with E-state index < -0.39 is 15.8 Å². The number of nitrogens with one attached hydrogen (secondary N) is 1. The Hall–Kier alpha value is -2.78. The van der Waals surface area contributed by atoms with Gasteiger partial charge in [0.05, 0.1) is 0 Å². The zero-order valence-corrected chi connectivity index (χ0v) is 19.2. The summed E-state index contributed by atoms with van der Waals surface area (Å²) in [6, 6.07) is 12.8. The summed E-state index contributed by atoms with van der Waals surface area (Å²) < 4.78 is 40.8. The fourth-order valence-electron chi connectivity index (χ4n) is 4.39. The molecule has 2 amide bonds. The van der Waals surface area contributed by atoms with Crippen molar-refractivity contribution in [1.29, 1.82) is 0 Å². The van der Waals surface area contributed by atoms with Gasteiger partial charge in [0.1, 0.15) is 10.7 Å². The van der Waals surface area contributed by atoms with Crippen molar-refractivity contribution in [2.45, 2.75) is 43.5 Å². The maximum absolute atomic E-state index is 14.0. The minimum Gasteiger partial charge on any atom is -0.338 e. The molecule has 2 fully saturated rings. The first-order chi connectivity index (χ1) is 15.8. The normalized spacial score (nSPS) is 18.3. The van der Waals surface area contributed by atoms with Gasteiger partial charge in [-0.15, -0.1) is 0 Å². The van der Waals surface area contributed by atoms with Crippen LogP contribution in [0.2, 0.25) is 0 Å². The van der Waals surface area contributed by atoms with E-state index in [2.05, 4.69) is 5.32 Å². The molecule has 2 aromatic rings. The number of nitrogens with zero attached hydrogens (tertiary/aromatic N) is 2. The van der Waals surface area contributed by atoms with E-state index in [4.69, 9.17) is 0 Å². The van der Waals surface area contributed by atoms with Gasteiger partial charge in [-0.3, -0.25) is 9.59 Å². The van der Waals surface area contributed by atoms with Crippen molar-refractivity contribution in [3.8, 4) is 0 Å². The first-order valence-electron chi connectivity index (χ1n) is 11.3. The summed E-state index contributed by atoms with van der Waals surface area (Å²) in [5.74, 6) is -1.11. The second-order valence-electron chi connectivity index (χ2n) is 8.57. The lowest BCUT2D eigenvalue weighted by atomic mass is 9.97. The largest absolute Gasteiger partial charge is 0.338 e. The van der Waals surface area contributed by atoms with E-state index in [1.54, 1.807) is 6.07 Å².